The molecular weight excluding hydrogens is 126 g/mol. The summed E-state index contributed by atoms with van der Waals surface area (Å²) in [6, 6.07) is 1.98. The lowest BCUT2D eigenvalue weighted by Gasteiger charge is -2.16. The van der Waals surface area contributed by atoms with E-state index in [1.165, 1.54) is 0 Å². The number of hydrogen-bond acceptors (Lipinski definition) is 2. The molecule has 0 heterocycles. The van der Waals surface area contributed by atoms with Gasteiger partial charge >= 0.3 is 0 Å². The average Bonchev–Trinajstić information content (AvgIpc) is 1.88. The Balaban J connectivity index is 4.10. The second kappa shape index (κ2) is 4.08. The first kappa shape index (κ1) is 9.19. The molecule has 10 heavy (non-hydrogen) atoms. The number of nitriles is 1. The van der Waals surface area contributed by atoms with Gasteiger partial charge in [0.25, 0.3) is 0 Å². The lowest BCUT2D eigenvalue weighted by molar-refractivity contribution is 0.0977. The van der Waals surface area contributed by atoms with Crippen molar-refractivity contribution in [3.8, 4) is 6.07 Å². The van der Waals surface area contributed by atoms with Gasteiger partial charge in [0.15, 0.2) is 0 Å². The van der Waals surface area contributed by atoms with Gasteiger partial charge in [0.05, 0.1) is 17.7 Å². The smallest absolute Gasteiger partial charge is 0.0968 e. The van der Waals surface area contributed by atoms with Gasteiger partial charge in [0.1, 0.15) is 0 Å². The summed E-state index contributed by atoms with van der Waals surface area (Å²) in [4.78, 5) is 0. The normalized spacial score (nSPS) is 12.7. The van der Waals surface area contributed by atoms with Gasteiger partial charge in [-0.05, 0) is 5.92 Å². The Labute approximate surface area is 62.1 Å². The van der Waals surface area contributed by atoms with Gasteiger partial charge in [0.2, 0.25) is 0 Å². The Morgan fingerprint density at radius 2 is 2.10 bits per heavy atom. The third-order valence-corrected chi connectivity index (χ3v) is 1.35. The Bertz CT molecular complexity index is 155. The summed E-state index contributed by atoms with van der Waals surface area (Å²) in [5.41, 5.74) is 0.498. The zero-order valence-corrected chi connectivity index (χ0v) is 6.72. The van der Waals surface area contributed by atoms with Crippen LogP contribution in [0.25, 0.3) is 0 Å². The highest BCUT2D eigenvalue weighted by atomic mass is 16.5. The van der Waals surface area contributed by atoms with Crippen LogP contribution in [-0.2, 0) is 4.74 Å². The predicted octanol–water partition coefficient (Wildman–Crippen LogP) is 1.74. The summed E-state index contributed by atoms with van der Waals surface area (Å²) >= 11 is 0. The number of methoxy groups -OCH3 is 1. The van der Waals surface area contributed by atoms with Crippen molar-refractivity contribution in [1.29, 1.82) is 5.26 Å². The SMILES string of the molecule is C=C(C#N)C(OC)C(C)C. The van der Waals surface area contributed by atoms with Crippen LogP contribution in [0.1, 0.15) is 13.8 Å². The van der Waals surface area contributed by atoms with Crippen molar-refractivity contribution in [1.82, 2.24) is 0 Å². The highest BCUT2D eigenvalue weighted by Gasteiger charge is 2.14. The first-order chi connectivity index (χ1) is 4.63. The highest BCUT2D eigenvalue weighted by molar-refractivity contribution is 5.21. The molecule has 0 saturated carbocycles. The van der Waals surface area contributed by atoms with Crippen LogP contribution in [0.5, 0.6) is 0 Å². The molecule has 0 aromatic rings. The monoisotopic (exact) mass is 139 g/mol. The molecule has 0 fully saturated rings. The molecule has 0 bridgehead atoms. The van der Waals surface area contributed by atoms with Crippen molar-refractivity contribution in [2.45, 2.75) is 20.0 Å². The van der Waals surface area contributed by atoms with E-state index in [0.29, 0.717) is 11.5 Å². The maximum atomic E-state index is 8.46. The van der Waals surface area contributed by atoms with Crippen molar-refractivity contribution in [2.24, 2.45) is 5.92 Å². The maximum Gasteiger partial charge on any atom is 0.0968 e. The number of hydrogen-bond donors (Lipinski definition) is 0. The Hall–Kier alpha value is -0.810. The summed E-state index contributed by atoms with van der Waals surface area (Å²) in [5, 5.41) is 8.46. The van der Waals surface area contributed by atoms with E-state index in [4.69, 9.17) is 10.00 Å². The molecule has 0 aromatic heterocycles. The first-order valence-electron chi connectivity index (χ1n) is 3.25. The molecule has 1 atom stereocenters. The first-order valence-corrected chi connectivity index (χ1v) is 3.25. The van der Waals surface area contributed by atoms with Crippen molar-refractivity contribution >= 4 is 0 Å². The molecule has 0 spiro atoms. The molecule has 2 heteroatoms. The van der Waals surface area contributed by atoms with E-state index in [1.54, 1.807) is 7.11 Å². The standard InChI is InChI=1S/C8H13NO/c1-6(2)8(10-4)7(3)5-9/h6,8H,3H2,1-2,4H3. The minimum absolute atomic E-state index is 0.120. The number of nitrogens with zero attached hydrogens (tertiary/aromatic N) is 1. The van der Waals surface area contributed by atoms with Crippen LogP contribution in [0.3, 0.4) is 0 Å². The summed E-state index contributed by atoms with van der Waals surface area (Å²) in [6.07, 6.45) is -0.120. The van der Waals surface area contributed by atoms with Gasteiger partial charge in [-0.15, -0.1) is 0 Å². The van der Waals surface area contributed by atoms with Gasteiger partial charge in [-0.3, -0.25) is 0 Å². The fraction of sp³-hybridized carbons (Fsp3) is 0.625. The van der Waals surface area contributed by atoms with Crippen molar-refractivity contribution < 1.29 is 4.74 Å². The molecular formula is C8H13NO. The molecule has 0 aliphatic carbocycles. The lowest BCUT2D eigenvalue weighted by atomic mass is 10.0. The van der Waals surface area contributed by atoms with Crippen molar-refractivity contribution in [3.05, 3.63) is 12.2 Å². The van der Waals surface area contributed by atoms with Crippen LogP contribution in [0, 0.1) is 17.2 Å². The second-order valence-corrected chi connectivity index (χ2v) is 2.54. The third-order valence-electron chi connectivity index (χ3n) is 1.35. The van der Waals surface area contributed by atoms with Gasteiger partial charge in [0, 0.05) is 7.11 Å². The van der Waals surface area contributed by atoms with E-state index < -0.39 is 0 Å². The summed E-state index contributed by atoms with van der Waals surface area (Å²) in [6.45, 7) is 7.57. The van der Waals surface area contributed by atoms with Gasteiger partial charge in [-0.2, -0.15) is 5.26 Å². The molecule has 0 rings (SSSR count). The molecule has 0 aliphatic rings. The molecule has 0 aromatic carbocycles. The van der Waals surface area contributed by atoms with E-state index in [1.807, 2.05) is 19.9 Å². The topological polar surface area (TPSA) is 33.0 Å². The minimum Gasteiger partial charge on any atom is -0.376 e. The summed E-state index contributed by atoms with van der Waals surface area (Å²) in [5.74, 6) is 0.317. The lowest BCUT2D eigenvalue weighted by Crippen LogP contribution is -2.19. The predicted molar refractivity (Wildman–Crippen MR) is 40.4 cm³/mol. The fourth-order valence-corrected chi connectivity index (χ4v) is 0.880. The van der Waals surface area contributed by atoms with Crippen molar-refractivity contribution in [2.75, 3.05) is 7.11 Å². The molecule has 0 saturated heterocycles. The zero-order valence-electron chi connectivity index (χ0n) is 6.72. The fourth-order valence-electron chi connectivity index (χ4n) is 0.880. The molecule has 0 radical (unpaired) electrons. The van der Waals surface area contributed by atoms with Crippen LogP contribution in [0.2, 0.25) is 0 Å². The highest BCUT2D eigenvalue weighted by Crippen LogP contribution is 2.12. The molecule has 2 nitrogen and oxygen atoms in total. The largest absolute Gasteiger partial charge is 0.376 e. The second-order valence-electron chi connectivity index (χ2n) is 2.54. The van der Waals surface area contributed by atoms with Crippen LogP contribution in [0.15, 0.2) is 12.2 Å². The Morgan fingerprint density at radius 3 is 2.20 bits per heavy atom. The quantitative estimate of drug-likeness (QED) is 0.558. The van der Waals surface area contributed by atoms with Crippen LogP contribution < -0.4 is 0 Å². The van der Waals surface area contributed by atoms with Gasteiger partial charge in [-0.25, -0.2) is 0 Å². The van der Waals surface area contributed by atoms with Gasteiger partial charge in [-0.1, -0.05) is 20.4 Å². The molecule has 1 unspecified atom stereocenters. The van der Waals surface area contributed by atoms with E-state index >= 15 is 0 Å². The van der Waals surface area contributed by atoms with E-state index in [2.05, 4.69) is 6.58 Å². The number of ether oxygens (including phenoxy) is 1. The van der Waals surface area contributed by atoms with Gasteiger partial charge < -0.3 is 4.74 Å². The minimum atomic E-state index is -0.120. The average molecular weight is 139 g/mol. The zero-order chi connectivity index (χ0) is 8.15. The molecule has 0 aliphatic heterocycles. The van der Waals surface area contributed by atoms with E-state index in [9.17, 15) is 0 Å². The summed E-state index contributed by atoms with van der Waals surface area (Å²) < 4.78 is 5.04. The van der Waals surface area contributed by atoms with E-state index in [-0.39, 0.29) is 6.10 Å². The maximum absolute atomic E-state index is 8.46. The summed E-state index contributed by atoms with van der Waals surface area (Å²) in [7, 11) is 1.59. The van der Waals surface area contributed by atoms with E-state index in [0.717, 1.165) is 0 Å². The molecule has 56 valence electrons. The van der Waals surface area contributed by atoms with Crippen molar-refractivity contribution in [3.63, 3.8) is 0 Å². The number of rotatable bonds is 3. The van der Waals surface area contributed by atoms with Crippen LogP contribution in [0.4, 0.5) is 0 Å². The Morgan fingerprint density at radius 1 is 1.60 bits per heavy atom. The third kappa shape index (κ3) is 2.20. The Kier molecular flexibility index (Phi) is 3.75. The van der Waals surface area contributed by atoms with Crippen LogP contribution >= 0.6 is 0 Å². The molecule has 0 N–H and O–H groups in total. The molecule has 0 amide bonds. The van der Waals surface area contributed by atoms with Crippen LogP contribution in [-0.4, -0.2) is 13.2 Å².